The summed E-state index contributed by atoms with van der Waals surface area (Å²) in [6.07, 6.45) is 8.28. The summed E-state index contributed by atoms with van der Waals surface area (Å²) >= 11 is 0. The number of amides is 3. The summed E-state index contributed by atoms with van der Waals surface area (Å²) < 4.78 is 8.53. The number of ether oxygens (including phenoxy) is 1. The van der Waals surface area contributed by atoms with Gasteiger partial charge in [-0.05, 0) is 51.2 Å². The van der Waals surface area contributed by atoms with Gasteiger partial charge < -0.3 is 24.5 Å². The van der Waals surface area contributed by atoms with E-state index in [1.807, 2.05) is 38.1 Å². The Balaban J connectivity index is 1.51. The first-order chi connectivity index (χ1) is 21.3. The molecule has 2 unspecified atom stereocenters. The van der Waals surface area contributed by atoms with E-state index in [4.69, 9.17) is 4.74 Å². The number of likely N-dealkylation sites (tertiary alicyclic amines) is 1. The summed E-state index contributed by atoms with van der Waals surface area (Å²) in [6.45, 7) is 13.5. The van der Waals surface area contributed by atoms with Gasteiger partial charge in [0.15, 0.2) is 0 Å². The number of hydrogen-bond donors (Lipinski definition) is 1. The smallest absolute Gasteiger partial charge is 0.250 e. The van der Waals surface area contributed by atoms with E-state index in [9.17, 15) is 19.5 Å². The van der Waals surface area contributed by atoms with Crippen LogP contribution in [0.1, 0.15) is 58.8 Å². The highest BCUT2D eigenvalue weighted by atomic mass is 16.5. The highest BCUT2D eigenvalue weighted by Crippen LogP contribution is 2.63. The maximum absolute atomic E-state index is 14.7. The second-order valence-corrected chi connectivity index (χ2v) is 12.5. The molecule has 44 heavy (non-hydrogen) atoms. The van der Waals surface area contributed by atoms with Gasteiger partial charge in [-0.2, -0.15) is 0 Å². The topological polar surface area (TPSA) is 121 Å². The van der Waals surface area contributed by atoms with Crippen molar-refractivity contribution in [3.8, 4) is 0 Å². The van der Waals surface area contributed by atoms with Crippen LogP contribution in [0.25, 0.3) is 11.0 Å². The van der Waals surface area contributed by atoms with E-state index in [2.05, 4.69) is 23.5 Å². The van der Waals surface area contributed by atoms with Gasteiger partial charge >= 0.3 is 0 Å². The predicted molar refractivity (Wildman–Crippen MR) is 166 cm³/mol. The second kappa shape index (κ2) is 13.2. The molecule has 1 aromatic carbocycles. The van der Waals surface area contributed by atoms with E-state index in [1.54, 1.807) is 31.5 Å². The Bertz CT molecular complexity index is 1390. The average molecular weight is 607 g/mol. The number of fused-ring (bicyclic) bond motifs is 2. The fourth-order valence-electron chi connectivity index (χ4n) is 7.71. The average Bonchev–Trinajstić information content (AvgIpc) is 3.72. The minimum absolute atomic E-state index is 0.109. The van der Waals surface area contributed by atoms with Gasteiger partial charge in [-0.3, -0.25) is 14.4 Å². The normalized spacial score (nSPS) is 27.1. The molecule has 1 aromatic heterocycles. The van der Waals surface area contributed by atoms with Gasteiger partial charge in [0, 0.05) is 32.8 Å². The number of unbranched alkanes of at least 4 members (excludes halogenated alkanes) is 3. The largest absolute Gasteiger partial charge is 0.396 e. The van der Waals surface area contributed by atoms with Crippen LogP contribution in [0, 0.1) is 11.8 Å². The predicted octanol–water partition coefficient (Wildman–Crippen LogP) is 3.15. The van der Waals surface area contributed by atoms with E-state index in [-0.39, 0.29) is 37.5 Å². The number of aliphatic hydroxyl groups excluding tert-OH is 1. The zero-order valence-corrected chi connectivity index (χ0v) is 26.1. The maximum atomic E-state index is 14.7. The molecule has 3 amide bonds. The molecule has 3 aliphatic rings. The fourth-order valence-corrected chi connectivity index (χ4v) is 7.71. The van der Waals surface area contributed by atoms with Crippen LogP contribution in [-0.4, -0.2) is 103 Å². The summed E-state index contributed by atoms with van der Waals surface area (Å²) in [4.78, 5) is 48.5. The molecular weight excluding hydrogens is 560 g/mol. The Kier molecular flexibility index (Phi) is 9.55. The van der Waals surface area contributed by atoms with Crippen molar-refractivity contribution in [1.29, 1.82) is 0 Å². The number of aliphatic hydroxyl groups is 1. The van der Waals surface area contributed by atoms with Gasteiger partial charge in [0.1, 0.15) is 23.8 Å². The monoisotopic (exact) mass is 606 g/mol. The lowest BCUT2D eigenvalue weighted by molar-refractivity contribution is -0.154. The Morgan fingerprint density at radius 3 is 2.55 bits per heavy atom. The van der Waals surface area contributed by atoms with Gasteiger partial charge in [-0.1, -0.05) is 49.3 Å². The maximum Gasteiger partial charge on any atom is 0.250 e. The molecule has 1 N–H and O–H groups in total. The molecule has 3 fully saturated rings. The van der Waals surface area contributed by atoms with E-state index >= 15 is 0 Å². The molecule has 0 radical (unpaired) electrons. The van der Waals surface area contributed by atoms with Crippen LogP contribution in [0.5, 0.6) is 0 Å². The summed E-state index contributed by atoms with van der Waals surface area (Å²) in [5, 5.41) is 17.8. The van der Waals surface area contributed by atoms with Crippen molar-refractivity contribution in [2.45, 2.75) is 82.7 Å². The van der Waals surface area contributed by atoms with Crippen LogP contribution in [0.15, 0.2) is 49.6 Å². The van der Waals surface area contributed by atoms with E-state index in [0.717, 1.165) is 30.3 Å². The molecular formula is C33H46N6O5. The van der Waals surface area contributed by atoms with Gasteiger partial charge in [-0.25, -0.2) is 4.68 Å². The molecule has 3 saturated heterocycles. The summed E-state index contributed by atoms with van der Waals surface area (Å²) in [7, 11) is 0. The van der Waals surface area contributed by atoms with Crippen LogP contribution in [0.4, 0.5) is 0 Å². The molecule has 238 valence electrons. The Labute approximate surface area is 259 Å². The third kappa shape index (κ3) is 5.45. The molecule has 2 aromatic rings. The third-order valence-corrected chi connectivity index (χ3v) is 9.62. The van der Waals surface area contributed by atoms with E-state index in [0.29, 0.717) is 45.3 Å². The number of carbonyl (C=O) groups excluding carboxylic acids is 3. The number of nitrogens with zero attached hydrogens (tertiary/aromatic N) is 6. The first-order valence-corrected chi connectivity index (χ1v) is 16.0. The third-order valence-electron chi connectivity index (χ3n) is 9.62. The molecule has 1 spiro atoms. The molecule has 5 rings (SSSR count). The SMILES string of the molecule is C=CCN(Cn1nnc2ccccc21)C(=O)C1N(CCCCCCO)C(=O)[C@@H]2[C@@H](C(=O)N(CC=C)CCC)[C@@]3(C)CCC12O3. The molecule has 2 bridgehead atoms. The molecule has 5 atom stereocenters. The van der Waals surface area contributed by atoms with Gasteiger partial charge in [-0.15, -0.1) is 18.3 Å². The van der Waals surface area contributed by atoms with Crippen LogP contribution < -0.4 is 0 Å². The van der Waals surface area contributed by atoms with Crippen molar-refractivity contribution in [3.05, 3.63) is 49.6 Å². The van der Waals surface area contributed by atoms with Gasteiger partial charge in [0.2, 0.25) is 17.7 Å². The standard InChI is InChI=1S/C33H46N6O5/c1-5-18-36(19-6-2)29(41)26-27-30(42)38(21-12-8-9-13-22-40)28(33(27)17-16-32(26,4)44-33)31(43)37(20-7-3)23-39-25-15-11-10-14-24(25)34-35-39/h5,7,10-11,14-15,26-28,40H,1,3,6,8-9,12-13,16-23H2,2,4H3/t26-,27-,28?,32+,33?/m0/s1. The second-order valence-electron chi connectivity index (χ2n) is 12.5. The van der Waals surface area contributed by atoms with E-state index < -0.39 is 29.1 Å². The first kappa shape index (κ1) is 31.8. The fraction of sp³-hybridized carbons (Fsp3) is 0.606. The Hall–Kier alpha value is -3.57. The number of carbonyl (C=O) groups is 3. The molecule has 11 nitrogen and oxygen atoms in total. The van der Waals surface area contributed by atoms with Crippen LogP contribution in [0.2, 0.25) is 0 Å². The molecule has 0 aliphatic carbocycles. The van der Waals surface area contributed by atoms with Crippen molar-refractivity contribution >= 4 is 28.8 Å². The van der Waals surface area contributed by atoms with Crippen molar-refractivity contribution in [2.75, 3.05) is 32.8 Å². The number of hydrogen-bond acceptors (Lipinski definition) is 7. The quantitative estimate of drug-likeness (QED) is 0.230. The molecule has 4 heterocycles. The highest BCUT2D eigenvalue weighted by Gasteiger charge is 2.78. The number of para-hydroxylation sites is 1. The number of aromatic nitrogens is 3. The zero-order chi connectivity index (χ0) is 31.5. The lowest BCUT2D eigenvalue weighted by Crippen LogP contribution is -2.56. The van der Waals surface area contributed by atoms with Crippen LogP contribution >= 0.6 is 0 Å². The first-order valence-electron chi connectivity index (χ1n) is 16.0. The molecule has 0 saturated carbocycles. The van der Waals surface area contributed by atoms with Gasteiger partial charge in [0.25, 0.3) is 0 Å². The van der Waals surface area contributed by atoms with E-state index in [1.165, 1.54) is 0 Å². The highest BCUT2D eigenvalue weighted by molar-refractivity contribution is 5.99. The molecule has 3 aliphatic heterocycles. The van der Waals surface area contributed by atoms with Crippen LogP contribution in [0.3, 0.4) is 0 Å². The van der Waals surface area contributed by atoms with Crippen LogP contribution in [-0.2, 0) is 25.8 Å². The van der Waals surface area contributed by atoms with Crippen molar-refractivity contribution in [3.63, 3.8) is 0 Å². The Morgan fingerprint density at radius 2 is 1.82 bits per heavy atom. The Morgan fingerprint density at radius 1 is 1.09 bits per heavy atom. The van der Waals surface area contributed by atoms with Crippen molar-refractivity contribution < 1.29 is 24.2 Å². The zero-order valence-electron chi connectivity index (χ0n) is 26.1. The summed E-state index contributed by atoms with van der Waals surface area (Å²) in [5.74, 6) is -1.97. The lowest BCUT2D eigenvalue weighted by atomic mass is 9.66. The number of benzene rings is 1. The molecule has 11 heteroatoms. The minimum Gasteiger partial charge on any atom is -0.396 e. The lowest BCUT2D eigenvalue weighted by Gasteiger charge is -2.37. The summed E-state index contributed by atoms with van der Waals surface area (Å²) in [5.41, 5.74) is -0.435. The summed E-state index contributed by atoms with van der Waals surface area (Å²) in [6, 6.07) is 6.68. The van der Waals surface area contributed by atoms with Gasteiger partial charge in [0.05, 0.1) is 23.0 Å². The van der Waals surface area contributed by atoms with Crippen molar-refractivity contribution in [2.24, 2.45) is 11.8 Å². The minimum atomic E-state index is -1.11. The number of rotatable bonds is 16. The van der Waals surface area contributed by atoms with Crippen molar-refractivity contribution in [1.82, 2.24) is 29.7 Å².